The van der Waals surface area contributed by atoms with Gasteiger partial charge in [-0.3, -0.25) is 4.79 Å². The van der Waals surface area contributed by atoms with Crippen molar-refractivity contribution < 1.29 is 9.13 Å². The minimum Gasteiger partial charge on any atom is -0.378 e. The van der Waals surface area contributed by atoms with Gasteiger partial charge in [0.2, 0.25) is 5.95 Å². The third-order valence-electron chi connectivity index (χ3n) is 5.14. The molecule has 6 nitrogen and oxygen atoms in total. The first-order valence-electron chi connectivity index (χ1n) is 9.13. The van der Waals surface area contributed by atoms with Crippen LogP contribution in [0.25, 0.3) is 0 Å². The van der Waals surface area contributed by atoms with E-state index in [0.717, 1.165) is 56.0 Å². The van der Waals surface area contributed by atoms with Gasteiger partial charge in [0.1, 0.15) is 5.82 Å². The Bertz CT molecular complexity index is 802. The average molecular weight is 358 g/mol. The Hall–Kier alpha value is -2.41. The van der Waals surface area contributed by atoms with Gasteiger partial charge in [0.15, 0.2) is 0 Å². The first-order chi connectivity index (χ1) is 12.7. The predicted molar refractivity (Wildman–Crippen MR) is 98.4 cm³/mol. The lowest BCUT2D eigenvalue weighted by Gasteiger charge is -2.31. The molecule has 1 atom stereocenters. The Morgan fingerprint density at radius 1 is 1.23 bits per heavy atom. The largest absolute Gasteiger partial charge is 0.378 e. The van der Waals surface area contributed by atoms with E-state index in [1.807, 2.05) is 0 Å². The first-order valence-corrected chi connectivity index (χ1v) is 9.13. The number of hydrogen-bond donors (Lipinski definition) is 1. The highest BCUT2D eigenvalue weighted by Crippen LogP contribution is 2.28. The van der Waals surface area contributed by atoms with Gasteiger partial charge in [0.25, 0.3) is 5.56 Å². The summed E-state index contributed by atoms with van der Waals surface area (Å²) in [6, 6.07) is 7.18. The zero-order valence-electron chi connectivity index (χ0n) is 14.7. The smallest absolute Gasteiger partial charge is 0.251 e. The fraction of sp³-hybridized carbons (Fsp3) is 0.474. The van der Waals surface area contributed by atoms with E-state index in [2.05, 4.69) is 25.8 Å². The highest BCUT2D eigenvalue weighted by Gasteiger charge is 2.26. The highest BCUT2D eigenvalue weighted by atomic mass is 19.1. The number of H-pyrrole nitrogens is 1. The van der Waals surface area contributed by atoms with Crippen molar-refractivity contribution in [1.29, 1.82) is 0 Å². The van der Waals surface area contributed by atoms with Crippen molar-refractivity contribution in [3.05, 3.63) is 52.3 Å². The van der Waals surface area contributed by atoms with Gasteiger partial charge < -0.3 is 19.5 Å². The maximum Gasteiger partial charge on any atom is 0.251 e. The van der Waals surface area contributed by atoms with Crippen LogP contribution in [0.1, 0.15) is 18.4 Å². The molecule has 138 valence electrons. The molecule has 7 heteroatoms. The molecule has 2 aliphatic rings. The molecule has 2 aliphatic heterocycles. The molecule has 0 bridgehead atoms. The molecule has 4 heterocycles. The van der Waals surface area contributed by atoms with Crippen molar-refractivity contribution in [1.82, 2.24) is 9.97 Å². The van der Waals surface area contributed by atoms with Gasteiger partial charge >= 0.3 is 0 Å². The SMILES string of the molecule is O=c1cc(N2CCOCC2)cc(N2CCC[C@H]2Cc2ccc(F)nc2)[nH]1. The van der Waals surface area contributed by atoms with Crippen molar-refractivity contribution in [2.45, 2.75) is 25.3 Å². The Balaban J connectivity index is 1.56. The number of ether oxygens (including phenoxy) is 1. The van der Waals surface area contributed by atoms with Gasteiger partial charge in [-0.15, -0.1) is 0 Å². The molecule has 0 unspecified atom stereocenters. The van der Waals surface area contributed by atoms with Gasteiger partial charge in [-0.25, -0.2) is 4.98 Å². The second kappa shape index (κ2) is 7.45. The predicted octanol–water partition coefficient (Wildman–Crippen LogP) is 1.96. The van der Waals surface area contributed by atoms with Crippen LogP contribution in [0.3, 0.4) is 0 Å². The number of pyridine rings is 2. The van der Waals surface area contributed by atoms with Crippen LogP contribution in [0.15, 0.2) is 35.3 Å². The zero-order chi connectivity index (χ0) is 17.9. The molecule has 0 spiro atoms. The molecule has 2 aromatic rings. The fourth-order valence-corrected chi connectivity index (χ4v) is 3.84. The first kappa shape index (κ1) is 17.0. The number of aromatic nitrogens is 2. The highest BCUT2D eigenvalue weighted by molar-refractivity contribution is 5.56. The van der Waals surface area contributed by atoms with Gasteiger partial charge in [0, 0.05) is 49.7 Å². The Morgan fingerprint density at radius 3 is 2.85 bits per heavy atom. The monoisotopic (exact) mass is 358 g/mol. The van der Waals surface area contributed by atoms with Crippen molar-refractivity contribution in [2.24, 2.45) is 0 Å². The summed E-state index contributed by atoms with van der Waals surface area (Å²) in [5, 5.41) is 0. The van der Waals surface area contributed by atoms with E-state index in [4.69, 9.17) is 4.74 Å². The van der Waals surface area contributed by atoms with E-state index in [9.17, 15) is 9.18 Å². The summed E-state index contributed by atoms with van der Waals surface area (Å²) in [5.74, 6) is 0.399. The summed E-state index contributed by atoms with van der Waals surface area (Å²) < 4.78 is 18.4. The number of nitrogens with one attached hydrogen (secondary N) is 1. The van der Waals surface area contributed by atoms with Gasteiger partial charge in [-0.1, -0.05) is 6.07 Å². The van der Waals surface area contributed by atoms with Crippen LogP contribution in [-0.2, 0) is 11.2 Å². The number of morpholine rings is 1. The summed E-state index contributed by atoms with van der Waals surface area (Å²) in [4.78, 5) is 23.4. The minimum absolute atomic E-state index is 0.0851. The van der Waals surface area contributed by atoms with E-state index >= 15 is 0 Å². The number of hydrogen-bond acceptors (Lipinski definition) is 5. The van der Waals surface area contributed by atoms with Crippen LogP contribution in [-0.4, -0.2) is 48.9 Å². The van der Waals surface area contributed by atoms with Crippen molar-refractivity contribution >= 4 is 11.5 Å². The maximum absolute atomic E-state index is 13.0. The molecule has 0 amide bonds. The number of rotatable bonds is 4. The minimum atomic E-state index is -0.459. The molecule has 0 radical (unpaired) electrons. The lowest BCUT2D eigenvalue weighted by atomic mass is 10.1. The quantitative estimate of drug-likeness (QED) is 0.847. The van der Waals surface area contributed by atoms with Crippen molar-refractivity contribution in [2.75, 3.05) is 42.6 Å². The Kier molecular flexibility index (Phi) is 4.88. The molecule has 2 fully saturated rings. The van der Waals surface area contributed by atoms with E-state index in [0.29, 0.717) is 13.2 Å². The van der Waals surface area contributed by atoms with Crippen molar-refractivity contribution in [3.8, 4) is 0 Å². The molecule has 4 rings (SSSR count). The summed E-state index contributed by atoms with van der Waals surface area (Å²) in [6.45, 7) is 3.88. The van der Waals surface area contributed by atoms with E-state index < -0.39 is 5.95 Å². The topological polar surface area (TPSA) is 61.5 Å². The summed E-state index contributed by atoms with van der Waals surface area (Å²) in [6.07, 6.45) is 4.50. The zero-order valence-corrected chi connectivity index (χ0v) is 14.7. The molecule has 0 saturated carbocycles. The van der Waals surface area contributed by atoms with Crippen molar-refractivity contribution in [3.63, 3.8) is 0 Å². The van der Waals surface area contributed by atoms with E-state index in [1.165, 1.54) is 6.07 Å². The Labute approximate surface area is 151 Å². The summed E-state index contributed by atoms with van der Waals surface area (Å²) in [7, 11) is 0. The normalized spacial score (nSPS) is 20.6. The number of anilines is 2. The maximum atomic E-state index is 13.0. The van der Waals surface area contributed by atoms with Gasteiger partial charge in [0.05, 0.1) is 13.2 Å². The lowest BCUT2D eigenvalue weighted by Crippen LogP contribution is -2.37. The molecule has 2 aromatic heterocycles. The molecular weight excluding hydrogens is 335 g/mol. The van der Waals surface area contributed by atoms with Crippen LogP contribution in [0.4, 0.5) is 15.9 Å². The van der Waals surface area contributed by atoms with Crippen LogP contribution in [0.5, 0.6) is 0 Å². The molecule has 0 aromatic carbocycles. The third-order valence-corrected chi connectivity index (χ3v) is 5.14. The summed E-state index contributed by atoms with van der Waals surface area (Å²) in [5.41, 5.74) is 1.87. The molecule has 26 heavy (non-hydrogen) atoms. The van der Waals surface area contributed by atoms with Crippen LogP contribution in [0, 0.1) is 5.95 Å². The molecule has 2 saturated heterocycles. The fourth-order valence-electron chi connectivity index (χ4n) is 3.84. The lowest BCUT2D eigenvalue weighted by molar-refractivity contribution is 0.122. The van der Waals surface area contributed by atoms with Gasteiger partial charge in [-0.2, -0.15) is 4.39 Å². The van der Waals surface area contributed by atoms with E-state index in [-0.39, 0.29) is 11.6 Å². The average Bonchev–Trinajstić information content (AvgIpc) is 3.12. The molecule has 1 N–H and O–H groups in total. The standard InChI is InChI=1S/C19H23FN4O2/c20-17-4-3-14(13-21-17)10-15-2-1-5-24(15)18-11-16(12-19(25)22-18)23-6-8-26-9-7-23/h3-4,11-13,15H,1-2,5-10H2,(H,22,25)/t15-/m0/s1. The molecular formula is C19H23FN4O2. The van der Waals surface area contributed by atoms with Crippen LogP contribution >= 0.6 is 0 Å². The molecule has 0 aliphatic carbocycles. The van der Waals surface area contributed by atoms with Gasteiger partial charge in [-0.05, 0) is 30.9 Å². The number of halogens is 1. The third kappa shape index (κ3) is 3.72. The summed E-state index contributed by atoms with van der Waals surface area (Å²) >= 11 is 0. The second-order valence-corrected chi connectivity index (χ2v) is 6.87. The number of nitrogens with zero attached hydrogens (tertiary/aromatic N) is 3. The van der Waals surface area contributed by atoms with Crippen LogP contribution in [0.2, 0.25) is 0 Å². The van der Waals surface area contributed by atoms with E-state index in [1.54, 1.807) is 18.3 Å². The Morgan fingerprint density at radius 2 is 2.08 bits per heavy atom. The second-order valence-electron chi connectivity index (χ2n) is 6.87. The number of aromatic amines is 1. The van der Waals surface area contributed by atoms with Crippen LogP contribution < -0.4 is 15.4 Å².